The maximum Gasteiger partial charge on any atom is 0.340 e. The van der Waals surface area contributed by atoms with Crippen LogP contribution in [0, 0.1) is 0 Å². The fourth-order valence-corrected chi connectivity index (χ4v) is 1.19. The zero-order valence-electron chi connectivity index (χ0n) is 9.36. The first-order valence-corrected chi connectivity index (χ1v) is 4.79. The van der Waals surface area contributed by atoms with E-state index in [0.717, 1.165) is 0 Å². The van der Waals surface area contributed by atoms with E-state index in [1.54, 1.807) is 25.3 Å². The highest BCUT2D eigenvalue weighted by molar-refractivity contribution is 5.96. The first-order chi connectivity index (χ1) is 7.70. The molecule has 5 heteroatoms. The van der Waals surface area contributed by atoms with E-state index in [2.05, 4.69) is 4.74 Å². The van der Waals surface area contributed by atoms with Gasteiger partial charge in [0.1, 0.15) is 12.4 Å². The molecule has 0 bridgehead atoms. The highest BCUT2D eigenvalue weighted by atomic mass is 16.5. The highest BCUT2D eigenvalue weighted by Crippen LogP contribution is 2.25. The van der Waals surface area contributed by atoms with Gasteiger partial charge in [0.05, 0.1) is 25.0 Å². The van der Waals surface area contributed by atoms with Crippen LogP contribution in [0.15, 0.2) is 18.2 Å². The topological polar surface area (TPSA) is 70.8 Å². The second-order valence-corrected chi connectivity index (χ2v) is 3.05. The Kier molecular flexibility index (Phi) is 4.60. The predicted molar refractivity (Wildman–Crippen MR) is 59.6 cm³/mol. The molecule has 0 atom stereocenters. The fraction of sp³-hybridized carbons (Fsp3) is 0.364. The summed E-state index contributed by atoms with van der Waals surface area (Å²) in [6.45, 7) is 0.840. The van der Waals surface area contributed by atoms with Gasteiger partial charge in [-0.2, -0.15) is 0 Å². The molecule has 2 N–H and O–H groups in total. The summed E-state index contributed by atoms with van der Waals surface area (Å²) in [4.78, 5) is 11.3. The van der Waals surface area contributed by atoms with E-state index in [1.165, 1.54) is 7.11 Å². The molecule has 0 aliphatic heterocycles. The van der Waals surface area contributed by atoms with Gasteiger partial charge in [-0.3, -0.25) is 0 Å². The second kappa shape index (κ2) is 5.97. The molecule has 0 spiro atoms. The summed E-state index contributed by atoms with van der Waals surface area (Å²) < 4.78 is 14.8. The lowest BCUT2D eigenvalue weighted by molar-refractivity contribution is 0.0601. The molecule has 16 heavy (non-hydrogen) atoms. The molecular formula is C11H15NO4. The average Bonchev–Trinajstić information content (AvgIpc) is 2.30. The fourth-order valence-electron chi connectivity index (χ4n) is 1.19. The summed E-state index contributed by atoms with van der Waals surface area (Å²) in [6, 6.07) is 4.96. The molecule has 0 aliphatic rings. The SMILES string of the molecule is COCCOc1cccc(C(=O)OC)c1N. The number of nitrogens with two attached hydrogens (primary N) is 1. The monoisotopic (exact) mass is 225 g/mol. The summed E-state index contributed by atoms with van der Waals surface area (Å²) in [5.74, 6) is -0.0189. The van der Waals surface area contributed by atoms with Gasteiger partial charge in [-0.15, -0.1) is 0 Å². The van der Waals surface area contributed by atoms with Gasteiger partial charge in [-0.1, -0.05) is 6.07 Å². The highest BCUT2D eigenvalue weighted by Gasteiger charge is 2.13. The number of anilines is 1. The van der Waals surface area contributed by atoms with Gasteiger partial charge in [0.15, 0.2) is 0 Å². The smallest absolute Gasteiger partial charge is 0.340 e. The number of para-hydroxylation sites is 1. The molecule has 0 heterocycles. The molecule has 0 fully saturated rings. The van der Waals surface area contributed by atoms with Crippen molar-refractivity contribution in [3.8, 4) is 5.75 Å². The minimum atomic E-state index is -0.477. The molecular weight excluding hydrogens is 210 g/mol. The summed E-state index contributed by atoms with van der Waals surface area (Å²) in [5, 5.41) is 0. The van der Waals surface area contributed by atoms with Crippen LogP contribution in [0.4, 0.5) is 5.69 Å². The van der Waals surface area contributed by atoms with Gasteiger partial charge in [0, 0.05) is 7.11 Å². The Hall–Kier alpha value is -1.75. The molecule has 0 aliphatic carbocycles. The Morgan fingerprint density at radius 1 is 1.31 bits per heavy atom. The number of esters is 1. The maximum atomic E-state index is 11.3. The predicted octanol–water partition coefficient (Wildman–Crippen LogP) is 1.08. The zero-order chi connectivity index (χ0) is 12.0. The van der Waals surface area contributed by atoms with Crippen molar-refractivity contribution in [3.05, 3.63) is 23.8 Å². The Morgan fingerprint density at radius 2 is 2.06 bits per heavy atom. The lowest BCUT2D eigenvalue weighted by Gasteiger charge is -2.10. The average molecular weight is 225 g/mol. The van der Waals surface area contributed by atoms with E-state index < -0.39 is 5.97 Å². The molecule has 0 amide bonds. The molecule has 5 nitrogen and oxygen atoms in total. The Bertz CT molecular complexity index is 365. The first-order valence-electron chi connectivity index (χ1n) is 4.79. The van der Waals surface area contributed by atoms with Crippen molar-refractivity contribution in [3.63, 3.8) is 0 Å². The Balaban J connectivity index is 2.82. The van der Waals surface area contributed by atoms with Crippen molar-refractivity contribution in [2.24, 2.45) is 0 Å². The second-order valence-electron chi connectivity index (χ2n) is 3.05. The summed E-state index contributed by atoms with van der Waals surface area (Å²) in [5.41, 5.74) is 6.36. The van der Waals surface area contributed by atoms with Crippen LogP contribution in [0.1, 0.15) is 10.4 Å². The molecule has 0 unspecified atom stereocenters. The third-order valence-electron chi connectivity index (χ3n) is 2.02. The number of carbonyl (C=O) groups excluding carboxylic acids is 1. The molecule has 0 aromatic heterocycles. The lowest BCUT2D eigenvalue weighted by atomic mass is 10.1. The van der Waals surface area contributed by atoms with Crippen LogP contribution in [-0.4, -0.2) is 33.4 Å². The van der Waals surface area contributed by atoms with Crippen LogP contribution >= 0.6 is 0 Å². The first kappa shape index (κ1) is 12.3. The Morgan fingerprint density at radius 3 is 2.69 bits per heavy atom. The molecule has 0 radical (unpaired) electrons. The number of benzene rings is 1. The van der Waals surface area contributed by atoms with Gasteiger partial charge >= 0.3 is 5.97 Å². The van der Waals surface area contributed by atoms with Crippen LogP contribution in [0.3, 0.4) is 0 Å². The maximum absolute atomic E-state index is 11.3. The lowest BCUT2D eigenvalue weighted by Crippen LogP contribution is -2.10. The van der Waals surface area contributed by atoms with Crippen LogP contribution in [-0.2, 0) is 9.47 Å². The van der Waals surface area contributed by atoms with Gasteiger partial charge in [0.2, 0.25) is 0 Å². The number of carbonyl (C=O) groups is 1. The van der Waals surface area contributed by atoms with E-state index in [9.17, 15) is 4.79 Å². The number of nitrogen functional groups attached to an aromatic ring is 1. The van der Waals surface area contributed by atoms with Crippen LogP contribution in [0.2, 0.25) is 0 Å². The van der Waals surface area contributed by atoms with E-state index in [-0.39, 0.29) is 5.69 Å². The van der Waals surface area contributed by atoms with Gasteiger partial charge in [-0.05, 0) is 12.1 Å². The van der Waals surface area contributed by atoms with Crippen LogP contribution in [0.25, 0.3) is 0 Å². The number of methoxy groups -OCH3 is 2. The van der Waals surface area contributed by atoms with Gasteiger partial charge < -0.3 is 19.9 Å². The van der Waals surface area contributed by atoms with Crippen LogP contribution in [0.5, 0.6) is 5.75 Å². The van der Waals surface area contributed by atoms with Crippen molar-refractivity contribution in [2.75, 3.05) is 33.2 Å². The minimum absolute atomic E-state index is 0.283. The number of hydrogen-bond donors (Lipinski definition) is 1. The Labute approximate surface area is 94.1 Å². The summed E-state index contributed by atoms with van der Waals surface area (Å²) in [7, 11) is 2.89. The molecule has 0 saturated carbocycles. The normalized spacial score (nSPS) is 9.88. The molecule has 88 valence electrons. The largest absolute Gasteiger partial charge is 0.489 e. The van der Waals surface area contributed by atoms with Crippen molar-refractivity contribution in [1.29, 1.82) is 0 Å². The molecule has 1 aromatic rings. The van der Waals surface area contributed by atoms with Crippen LogP contribution < -0.4 is 10.5 Å². The van der Waals surface area contributed by atoms with E-state index in [4.69, 9.17) is 15.2 Å². The third-order valence-corrected chi connectivity index (χ3v) is 2.02. The molecule has 1 rings (SSSR count). The van der Waals surface area contributed by atoms with E-state index in [0.29, 0.717) is 24.5 Å². The van der Waals surface area contributed by atoms with Crippen molar-refractivity contribution < 1.29 is 19.0 Å². The van der Waals surface area contributed by atoms with Gasteiger partial charge in [-0.25, -0.2) is 4.79 Å². The van der Waals surface area contributed by atoms with Crippen molar-refractivity contribution in [2.45, 2.75) is 0 Å². The number of ether oxygens (including phenoxy) is 3. The van der Waals surface area contributed by atoms with E-state index in [1.807, 2.05) is 0 Å². The number of hydrogen-bond acceptors (Lipinski definition) is 5. The standard InChI is InChI=1S/C11H15NO4/c1-14-6-7-16-9-5-3-4-8(10(9)12)11(13)15-2/h3-5H,6-7,12H2,1-2H3. The zero-order valence-corrected chi connectivity index (χ0v) is 9.36. The quantitative estimate of drug-likeness (QED) is 0.461. The van der Waals surface area contributed by atoms with Gasteiger partial charge in [0.25, 0.3) is 0 Å². The van der Waals surface area contributed by atoms with Crippen molar-refractivity contribution >= 4 is 11.7 Å². The molecule has 1 aromatic carbocycles. The van der Waals surface area contributed by atoms with Crippen molar-refractivity contribution in [1.82, 2.24) is 0 Å². The summed E-state index contributed by atoms with van der Waals surface area (Å²) in [6.07, 6.45) is 0. The number of rotatable bonds is 5. The summed E-state index contributed by atoms with van der Waals surface area (Å²) >= 11 is 0. The third kappa shape index (κ3) is 2.87. The minimum Gasteiger partial charge on any atom is -0.489 e. The molecule has 0 saturated heterocycles. The van der Waals surface area contributed by atoms with E-state index >= 15 is 0 Å².